The van der Waals surface area contributed by atoms with Gasteiger partial charge in [0.15, 0.2) is 0 Å². The minimum atomic E-state index is -0.537. The van der Waals surface area contributed by atoms with Gasteiger partial charge in [0.25, 0.3) is 5.91 Å². The van der Waals surface area contributed by atoms with Crippen molar-refractivity contribution < 1.29 is 14.6 Å². The van der Waals surface area contributed by atoms with E-state index in [1.807, 2.05) is 18.2 Å². The van der Waals surface area contributed by atoms with Crippen LogP contribution in [0.2, 0.25) is 0 Å². The molecule has 0 spiro atoms. The average molecular weight is 237 g/mol. The van der Waals surface area contributed by atoms with Gasteiger partial charge in [0.1, 0.15) is 0 Å². The molecular weight excluding hydrogens is 218 g/mol. The fraction of sp³-hybridized carbons (Fsp3) is 0.462. The molecule has 0 aromatic heterocycles. The minimum absolute atomic E-state index is 0.155. The zero-order valence-corrected chi connectivity index (χ0v) is 10.3. The molecule has 0 aliphatic carbocycles. The lowest BCUT2D eigenvalue weighted by Gasteiger charge is -2.10. The zero-order valence-electron chi connectivity index (χ0n) is 10.3. The number of nitrogens with one attached hydrogen (secondary N) is 1. The summed E-state index contributed by atoms with van der Waals surface area (Å²) in [5, 5.41) is 11.8. The molecule has 4 heteroatoms. The molecule has 4 nitrogen and oxygen atoms in total. The van der Waals surface area contributed by atoms with E-state index in [4.69, 9.17) is 9.84 Å². The Morgan fingerprint density at radius 1 is 1.47 bits per heavy atom. The van der Waals surface area contributed by atoms with Crippen molar-refractivity contribution in [2.24, 2.45) is 0 Å². The topological polar surface area (TPSA) is 58.6 Å². The summed E-state index contributed by atoms with van der Waals surface area (Å²) in [5.41, 5.74) is 1.60. The summed E-state index contributed by atoms with van der Waals surface area (Å²) < 4.78 is 5.01. The third-order valence-corrected chi connectivity index (χ3v) is 2.40. The lowest BCUT2D eigenvalue weighted by atomic mass is 10.0. The van der Waals surface area contributed by atoms with E-state index >= 15 is 0 Å². The first kappa shape index (κ1) is 13.7. The van der Waals surface area contributed by atoms with Crippen LogP contribution in [-0.2, 0) is 11.2 Å². The van der Waals surface area contributed by atoms with Gasteiger partial charge >= 0.3 is 0 Å². The molecule has 0 fully saturated rings. The highest BCUT2D eigenvalue weighted by molar-refractivity contribution is 5.95. The number of aliphatic hydroxyl groups excluding tert-OH is 1. The van der Waals surface area contributed by atoms with Crippen LogP contribution in [-0.4, -0.2) is 37.4 Å². The predicted octanol–water partition coefficient (Wildman–Crippen LogP) is 0.986. The van der Waals surface area contributed by atoms with Gasteiger partial charge in [-0.15, -0.1) is 0 Å². The summed E-state index contributed by atoms with van der Waals surface area (Å²) in [6.07, 6.45) is 0.166. The molecule has 1 amide bonds. The molecule has 1 aromatic rings. The molecule has 1 unspecified atom stereocenters. The zero-order chi connectivity index (χ0) is 12.7. The summed E-state index contributed by atoms with van der Waals surface area (Å²) in [5.74, 6) is -0.155. The first-order valence-electron chi connectivity index (χ1n) is 5.68. The van der Waals surface area contributed by atoms with E-state index in [1.165, 1.54) is 0 Å². The number of carbonyl (C=O) groups excluding carboxylic acids is 1. The second-order valence-corrected chi connectivity index (χ2v) is 3.96. The molecule has 1 rings (SSSR count). The van der Waals surface area contributed by atoms with Crippen molar-refractivity contribution in [3.8, 4) is 0 Å². The Bertz CT molecular complexity index is 363. The Labute approximate surface area is 102 Å². The highest BCUT2D eigenvalue weighted by Crippen LogP contribution is 2.09. The second kappa shape index (κ2) is 7.04. The number of methoxy groups -OCH3 is 1. The molecule has 0 saturated heterocycles. The molecule has 1 aromatic carbocycles. The van der Waals surface area contributed by atoms with Crippen molar-refractivity contribution in [1.29, 1.82) is 0 Å². The SMILES string of the molecule is COCCc1ccccc1C(=O)NCC(C)O. The molecule has 17 heavy (non-hydrogen) atoms. The summed E-state index contributed by atoms with van der Waals surface area (Å²) >= 11 is 0. The van der Waals surface area contributed by atoms with E-state index in [0.717, 1.165) is 5.56 Å². The van der Waals surface area contributed by atoms with E-state index < -0.39 is 6.10 Å². The standard InChI is InChI=1S/C13H19NO3/c1-10(15)9-14-13(16)12-6-4-3-5-11(12)7-8-17-2/h3-6,10,15H,7-9H2,1-2H3,(H,14,16). The monoisotopic (exact) mass is 237 g/mol. The molecule has 2 N–H and O–H groups in total. The smallest absolute Gasteiger partial charge is 0.251 e. The van der Waals surface area contributed by atoms with Crippen LogP contribution in [0.25, 0.3) is 0 Å². The van der Waals surface area contributed by atoms with Crippen LogP contribution >= 0.6 is 0 Å². The highest BCUT2D eigenvalue weighted by Gasteiger charge is 2.10. The number of ether oxygens (including phenoxy) is 1. The normalized spacial score (nSPS) is 12.2. The Morgan fingerprint density at radius 3 is 2.82 bits per heavy atom. The number of carbonyl (C=O) groups is 1. The summed E-state index contributed by atoms with van der Waals surface area (Å²) in [4.78, 5) is 11.9. The van der Waals surface area contributed by atoms with Crippen molar-refractivity contribution in [1.82, 2.24) is 5.32 Å². The van der Waals surface area contributed by atoms with E-state index in [0.29, 0.717) is 18.6 Å². The van der Waals surface area contributed by atoms with Crippen LogP contribution in [0.4, 0.5) is 0 Å². The van der Waals surface area contributed by atoms with Crippen LogP contribution in [0.5, 0.6) is 0 Å². The number of amides is 1. The van der Waals surface area contributed by atoms with Crippen LogP contribution in [0.3, 0.4) is 0 Å². The number of hydrogen-bond donors (Lipinski definition) is 2. The molecule has 0 radical (unpaired) electrons. The molecule has 0 heterocycles. The van der Waals surface area contributed by atoms with Gasteiger partial charge in [0.05, 0.1) is 12.7 Å². The molecule has 1 atom stereocenters. The maximum atomic E-state index is 11.9. The van der Waals surface area contributed by atoms with Crippen molar-refractivity contribution in [3.05, 3.63) is 35.4 Å². The Morgan fingerprint density at radius 2 is 2.18 bits per heavy atom. The molecular formula is C13H19NO3. The molecule has 0 aliphatic rings. The van der Waals surface area contributed by atoms with Crippen molar-refractivity contribution in [2.45, 2.75) is 19.4 Å². The van der Waals surface area contributed by atoms with Gasteiger partial charge in [-0.05, 0) is 25.0 Å². The third kappa shape index (κ3) is 4.54. The first-order chi connectivity index (χ1) is 8.15. The van der Waals surface area contributed by atoms with Crippen LogP contribution in [0.15, 0.2) is 24.3 Å². The lowest BCUT2D eigenvalue weighted by molar-refractivity contribution is 0.0922. The molecule has 0 bridgehead atoms. The van der Waals surface area contributed by atoms with Gasteiger partial charge in [-0.25, -0.2) is 0 Å². The number of rotatable bonds is 6. The van der Waals surface area contributed by atoms with Crippen molar-refractivity contribution in [2.75, 3.05) is 20.3 Å². The Kier molecular flexibility index (Phi) is 5.66. The molecule has 0 aliphatic heterocycles. The Hall–Kier alpha value is -1.39. The largest absolute Gasteiger partial charge is 0.392 e. The fourth-order valence-electron chi connectivity index (χ4n) is 1.51. The maximum absolute atomic E-state index is 11.9. The first-order valence-corrected chi connectivity index (χ1v) is 5.68. The fourth-order valence-corrected chi connectivity index (χ4v) is 1.51. The quantitative estimate of drug-likeness (QED) is 0.775. The number of benzene rings is 1. The summed E-state index contributed by atoms with van der Waals surface area (Å²) in [6.45, 7) is 2.48. The predicted molar refractivity (Wildman–Crippen MR) is 66.0 cm³/mol. The average Bonchev–Trinajstić information content (AvgIpc) is 2.33. The lowest BCUT2D eigenvalue weighted by Crippen LogP contribution is -2.31. The molecule has 94 valence electrons. The summed E-state index contributed by atoms with van der Waals surface area (Å²) in [6, 6.07) is 7.42. The number of hydrogen-bond acceptors (Lipinski definition) is 3. The maximum Gasteiger partial charge on any atom is 0.251 e. The second-order valence-electron chi connectivity index (χ2n) is 3.96. The minimum Gasteiger partial charge on any atom is -0.392 e. The van der Waals surface area contributed by atoms with E-state index in [2.05, 4.69) is 5.32 Å². The summed E-state index contributed by atoms with van der Waals surface area (Å²) in [7, 11) is 1.64. The van der Waals surface area contributed by atoms with E-state index in [1.54, 1.807) is 20.1 Å². The highest BCUT2D eigenvalue weighted by atomic mass is 16.5. The van der Waals surface area contributed by atoms with Gasteiger partial charge < -0.3 is 15.2 Å². The van der Waals surface area contributed by atoms with Crippen LogP contribution < -0.4 is 5.32 Å². The van der Waals surface area contributed by atoms with Gasteiger partial charge in [-0.3, -0.25) is 4.79 Å². The van der Waals surface area contributed by atoms with Gasteiger partial charge in [0, 0.05) is 19.2 Å². The number of aliphatic hydroxyl groups is 1. The van der Waals surface area contributed by atoms with Gasteiger partial charge in [-0.1, -0.05) is 18.2 Å². The Balaban J connectivity index is 2.70. The van der Waals surface area contributed by atoms with Crippen LogP contribution in [0, 0.1) is 0 Å². The van der Waals surface area contributed by atoms with Crippen molar-refractivity contribution >= 4 is 5.91 Å². The van der Waals surface area contributed by atoms with E-state index in [-0.39, 0.29) is 12.5 Å². The molecule has 0 saturated carbocycles. The van der Waals surface area contributed by atoms with Crippen LogP contribution in [0.1, 0.15) is 22.8 Å². The van der Waals surface area contributed by atoms with Gasteiger partial charge in [-0.2, -0.15) is 0 Å². The van der Waals surface area contributed by atoms with E-state index in [9.17, 15) is 4.79 Å². The third-order valence-electron chi connectivity index (χ3n) is 2.40. The van der Waals surface area contributed by atoms with Crippen molar-refractivity contribution in [3.63, 3.8) is 0 Å². The van der Waals surface area contributed by atoms with Gasteiger partial charge in [0.2, 0.25) is 0 Å².